The molecule has 3 N–H and O–H groups in total. The molecule has 5 nitrogen and oxygen atoms in total. The van der Waals surface area contributed by atoms with Gasteiger partial charge in [-0.05, 0) is 24.3 Å². The number of benzene rings is 1. The van der Waals surface area contributed by atoms with Gasteiger partial charge in [0.1, 0.15) is 11.6 Å². The quantitative estimate of drug-likeness (QED) is 0.909. The van der Waals surface area contributed by atoms with Crippen LogP contribution in [-0.4, -0.2) is 17.3 Å². The number of thiazole rings is 1. The van der Waals surface area contributed by atoms with E-state index in [4.69, 9.17) is 5.73 Å². The van der Waals surface area contributed by atoms with Crippen LogP contribution in [0.4, 0.5) is 24.7 Å². The predicted molar refractivity (Wildman–Crippen MR) is 72.0 cm³/mol. The molecule has 112 valence electrons. The fourth-order valence-electron chi connectivity index (χ4n) is 1.50. The van der Waals surface area contributed by atoms with Gasteiger partial charge in [0, 0.05) is 5.69 Å². The van der Waals surface area contributed by atoms with Gasteiger partial charge in [0.25, 0.3) is 0 Å². The van der Waals surface area contributed by atoms with E-state index < -0.39 is 6.36 Å². The Balaban J connectivity index is 1.94. The van der Waals surface area contributed by atoms with Crippen molar-refractivity contribution in [3.05, 3.63) is 34.7 Å². The lowest BCUT2D eigenvalue weighted by Gasteiger charge is -2.09. The SMILES string of the molecule is Nc1ncsc1CC(=O)Nc1ccc(OC(F)(F)F)cc1. The molecule has 0 aliphatic carbocycles. The summed E-state index contributed by atoms with van der Waals surface area (Å²) < 4.78 is 39.7. The lowest BCUT2D eigenvalue weighted by Crippen LogP contribution is -2.17. The lowest BCUT2D eigenvalue weighted by molar-refractivity contribution is -0.274. The molecule has 1 aromatic heterocycles. The maximum atomic E-state index is 12.0. The number of anilines is 2. The van der Waals surface area contributed by atoms with Crippen molar-refractivity contribution in [2.45, 2.75) is 12.8 Å². The first-order valence-electron chi connectivity index (χ1n) is 5.67. The highest BCUT2D eigenvalue weighted by atomic mass is 32.1. The standard InChI is InChI=1S/C12H10F3N3O2S/c13-12(14,15)20-8-3-1-7(2-4-8)18-10(19)5-9-11(16)17-6-21-9/h1-4,6H,5,16H2,(H,18,19). The van der Waals surface area contributed by atoms with Crippen LogP contribution >= 0.6 is 11.3 Å². The number of nitrogens with one attached hydrogen (secondary N) is 1. The van der Waals surface area contributed by atoms with Gasteiger partial charge in [-0.15, -0.1) is 24.5 Å². The number of carbonyl (C=O) groups is 1. The van der Waals surface area contributed by atoms with E-state index in [9.17, 15) is 18.0 Å². The van der Waals surface area contributed by atoms with Crippen molar-refractivity contribution in [3.8, 4) is 5.75 Å². The predicted octanol–water partition coefficient (Wildman–Crippen LogP) is 2.81. The van der Waals surface area contributed by atoms with E-state index in [1.165, 1.54) is 29.0 Å². The molecule has 1 amide bonds. The van der Waals surface area contributed by atoms with Crippen LogP contribution in [0.5, 0.6) is 5.75 Å². The average molecular weight is 317 g/mol. The summed E-state index contributed by atoms with van der Waals surface area (Å²) in [7, 11) is 0. The zero-order valence-corrected chi connectivity index (χ0v) is 11.3. The molecule has 0 aliphatic rings. The van der Waals surface area contributed by atoms with Gasteiger partial charge in [-0.1, -0.05) is 0 Å². The summed E-state index contributed by atoms with van der Waals surface area (Å²) in [4.78, 5) is 16.2. The molecule has 0 unspecified atom stereocenters. The van der Waals surface area contributed by atoms with Crippen LogP contribution < -0.4 is 15.8 Å². The highest BCUT2D eigenvalue weighted by Gasteiger charge is 2.30. The van der Waals surface area contributed by atoms with Gasteiger partial charge in [-0.2, -0.15) is 0 Å². The van der Waals surface area contributed by atoms with E-state index >= 15 is 0 Å². The molecule has 0 fully saturated rings. The van der Waals surface area contributed by atoms with E-state index in [1.54, 1.807) is 0 Å². The number of ether oxygens (including phenoxy) is 1. The first-order valence-corrected chi connectivity index (χ1v) is 6.55. The third kappa shape index (κ3) is 4.63. The maximum Gasteiger partial charge on any atom is 0.573 e. The minimum absolute atomic E-state index is 0.0529. The Morgan fingerprint density at radius 3 is 2.52 bits per heavy atom. The van der Waals surface area contributed by atoms with Crippen LogP contribution in [0.25, 0.3) is 0 Å². The van der Waals surface area contributed by atoms with Crippen LogP contribution in [0.1, 0.15) is 4.88 Å². The molecule has 2 aromatic rings. The molecule has 0 saturated carbocycles. The number of hydrogen-bond donors (Lipinski definition) is 2. The lowest BCUT2D eigenvalue weighted by atomic mass is 10.2. The fraction of sp³-hybridized carbons (Fsp3) is 0.167. The number of carbonyl (C=O) groups excluding carboxylic acids is 1. The Bertz CT molecular complexity index is 625. The number of hydrogen-bond acceptors (Lipinski definition) is 5. The summed E-state index contributed by atoms with van der Waals surface area (Å²) in [5.41, 5.74) is 7.44. The van der Waals surface area contributed by atoms with Crippen molar-refractivity contribution in [3.63, 3.8) is 0 Å². The van der Waals surface area contributed by atoms with E-state index in [-0.39, 0.29) is 18.1 Å². The fourth-order valence-corrected chi connectivity index (χ4v) is 2.18. The first-order chi connectivity index (χ1) is 9.83. The topological polar surface area (TPSA) is 77.2 Å². The average Bonchev–Trinajstić information content (AvgIpc) is 2.76. The summed E-state index contributed by atoms with van der Waals surface area (Å²) in [6.07, 6.45) is -4.69. The Labute approximate surface area is 121 Å². The summed E-state index contributed by atoms with van der Waals surface area (Å²) >= 11 is 1.26. The number of alkyl halides is 3. The van der Waals surface area contributed by atoms with Crippen molar-refractivity contribution in [1.82, 2.24) is 4.98 Å². The second-order valence-corrected chi connectivity index (χ2v) is 4.90. The van der Waals surface area contributed by atoms with Gasteiger partial charge in [-0.25, -0.2) is 4.98 Å². The molecule has 21 heavy (non-hydrogen) atoms. The smallest absolute Gasteiger partial charge is 0.406 e. The third-order valence-electron chi connectivity index (χ3n) is 2.37. The van der Waals surface area contributed by atoms with Crippen molar-refractivity contribution >= 4 is 28.7 Å². The van der Waals surface area contributed by atoms with E-state index in [1.807, 2.05) is 0 Å². The highest BCUT2D eigenvalue weighted by molar-refractivity contribution is 7.10. The zero-order chi connectivity index (χ0) is 15.5. The number of nitrogens with two attached hydrogens (primary N) is 1. The highest BCUT2D eigenvalue weighted by Crippen LogP contribution is 2.24. The summed E-state index contributed by atoms with van der Waals surface area (Å²) in [5, 5.41) is 2.55. The molecule has 2 rings (SSSR count). The van der Waals surface area contributed by atoms with Gasteiger partial charge in [0.2, 0.25) is 5.91 Å². The van der Waals surface area contributed by atoms with Crippen LogP contribution in [-0.2, 0) is 11.2 Å². The monoisotopic (exact) mass is 317 g/mol. The molecule has 0 aliphatic heterocycles. The van der Waals surface area contributed by atoms with Crippen molar-refractivity contribution in [1.29, 1.82) is 0 Å². The number of amides is 1. The van der Waals surface area contributed by atoms with Gasteiger partial charge < -0.3 is 15.8 Å². The number of aromatic nitrogens is 1. The van der Waals surface area contributed by atoms with Crippen LogP contribution in [0, 0.1) is 0 Å². The largest absolute Gasteiger partial charge is 0.573 e. The van der Waals surface area contributed by atoms with Crippen molar-refractivity contribution < 1.29 is 22.7 Å². The van der Waals surface area contributed by atoms with E-state index in [2.05, 4.69) is 15.0 Å². The molecule has 0 bridgehead atoms. The minimum atomic E-state index is -4.74. The summed E-state index contributed by atoms with van der Waals surface area (Å²) in [6.45, 7) is 0. The molecule has 9 heteroatoms. The molecule has 1 aromatic carbocycles. The van der Waals surface area contributed by atoms with Crippen LogP contribution in [0.15, 0.2) is 29.8 Å². The van der Waals surface area contributed by atoms with E-state index in [0.717, 1.165) is 12.1 Å². The second kappa shape index (κ2) is 6.00. The molecular weight excluding hydrogens is 307 g/mol. The first kappa shape index (κ1) is 15.1. The molecule has 0 spiro atoms. The Hall–Kier alpha value is -2.29. The molecule has 0 saturated heterocycles. The second-order valence-electron chi connectivity index (χ2n) is 3.96. The zero-order valence-electron chi connectivity index (χ0n) is 10.5. The Morgan fingerprint density at radius 2 is 2.00 bits per heavy atom. The maximum absolute atomic E-state index is 12.0. The molecule has 0 radical (unpaired) electrons. The Kier molecular flexibility index (Phi) is 4.32. The molecule has 1 heterocycles. The number of nitrogen functional groups attached to an aromatic ring is 1. The Morgan fingerprint density at radius 1 is 1.33 bits per heavy atom. The van der Waals surface area contributed by atoms with E-state index in [0.29, 0.717) is 16.4 Å². The summed E-state index contributed by atoms with van der Waals surface area (Å²) in [6, 6.07) is 4.86. The normalized spacial score (nSPS) is 11.2. The number of rotatable bonds is 4. The van der Waals surface area contributed by atoms with Gasteiger partial charge in [0.15, 0.2) is 0 Å². The third-order valence-corrected chi connectivity index (χ3v) is 3.21. The van der Waals surface area contributed by atoms with Crippen molar-refractivity contribution in [2.24, 2.45) is 0 Å². The molecule has 0 atom stereocenters. The van der Waals surface area contributed by atoms with Gasteiger partial charge in [-0.3, -0.25) is 4.79 Å². The van der Waals surface area contributed by atoms with Crippen LogP contribution in [0.2, 0.25) is 0 Å². The molecular formula is C12H10F3N3O2S. The number of halogens is 3. The van der Waals surface area contributed by atoms with Crippen LogP contribution in [0.3, 0.4) is 0 Å². The van der Waals surface area contributed by atoms with Gasteiger partial charge >= 0.3 is 6.36 Å². The van der Waals surface area contributed by atoms with Crippen molar-refractivity contribution in [2.75, 3.05) is 11.1 Å². The van der Waals surface area contributed by atoms with Gasteiger partial charge in [0.05, 0.1) is 16.8 Å². The summed E-state index contributed by atoms with van der Waals surface area (Å²) in [5.74, 6) is -0.397. The number of nitrogens with zero attached hydrogens (tertiary/aromatic N) is 1. The minimum Gasteiger partial charge on any atom is -0.406 e.